The maximum absolute atomic E-state index is 12.4. The van der Waals surface area contributed by atoms with Crippen LogP contribution in [0.15, 0.2) is 60.0 Å². The second kappa shape index (κ2) is 10.4. The molecule has 1 N–H and O–H groups in total. The van der Waals surface area contributed by atoms with Crippen LogP contribution in [0.2, 0.25) is 0 Å². The van der Waals surface area contributed by atoms with Crippen molar-refractivity contribution in [1.29, 1.82) is 0 Å². The Morgan fingerprint density at radius 2 is 1.80 bits per heavy atom. The first-order valence-electron chi connectivity index (χ1n) is 10.5. The lowest BCUT2D eigenvalue weighted by molar-refractivity contribution is 0.0942. The van der Waals surface area contributed by atoms with Crippen LogP contribution in [-0.4, -0.2) is 42.0 Å². The second-order valence-electron chi connectivity index (χ2n) is 7.49. The summed E-state index contributed by atoms with van der Waals surface area (Å²) in [6.45, 7) is 4.40. The van der Waals surface area contributed by atoms with Crippen LogP contribution in [0.4, 0.5) is 0 Å². The number of likely N-dealkylation sites (tertiary alicyclic amines) is 1. The predicted octanol–water partition coefficient (Wildman–Crippen LogP) is 4.60. The molecule has 1 saturated heterocycles. The zero-order valence-electron chi connectivity index (χ0n) is 17.0. The Labute approximate surface area is 181 Å². The Morgan fingerprint density at radius 1 is 1.03 bits per heavy atom. The molecule has 3 aromatic rings. The number of piperidine rings is 1. The van der Waals surface area contributed by atoms with Gasteiger partial charge in [-0.1, -0.05) is 36.8 Å². The fraction of sp³-hybridized carbons (Fsp3) is 0.333. The van der Waals surface area contributed by atoms with Crippen LogP contribution in [0, 0.1) is 0 Å². The highest BCUT2D eigenvalue weighted by Gasteiger charge is 2.13. The van der Waals surface area contributed by atoms with Gasteiger partial charge in [-0.25, -0.2) is 4.98 Å². The van der Waals surface area contributed by atoms with E-state index in [0.29, 0.717) is 18.8 Å². The van der Waals surface area contributed by atoms with E-state index >= 15 is 0 Å². The van der Waals surface area contributed by atoms with Gasteiger partial charge < -0.3 is 15.0 Å². The molecule has 156 valence electrons. The normalized spacial score (nSPS) is 14.4. The molecule has 1 aliphatic heterocycles. The number of carbonyl (C=O) groups excluding carboxylic acids is 1. The Hall–Kier alpha value is -2.70. The van der Waals surface area contributed by atoms with Crippen LogP contribution in [-0.2, 0) is 6.61 Å². The zero-order valence-corrected chi connectivity index (χ0v) is 17.9. The number of rotatable bonds is 8. The number of aromatic nitrogens is 1. The third-order valence-corrected chi connectivity index (χ3v) is 6.14. The van der Waals surface area contributed by atoms with E-state index in [2.05, 4.69) is 15.2 Å². The largest absolute Gasteiger partial charge is 0.489 e. The summed E-state index contributed by atoms with van der Waals surface area (Å²) in [5.74, 6) is 0.715. The minimum absolute atomic E-state index is 0.0997. The maximum Gasteiger partial charge on any atom is 0.270 e. The van der Waals surface area contributed by atoms with Gasteiger partial charge in [0.2, 0.25) is 0 Å². The fourth-order valence-corrected chi connectivity index (χ4v) is 4.35. The molecular weight excluding hydrogens is 394 g/mol. The van der Waals surface area contributed by atoms with Gasteiger partial charge in [-0.2, -0.15) is 0 Å². The first kappa shape index (κ1) is 20.6. The Morgan fingerprint density at radius 3 is 2.57 bits per heavy atom. The van der Waals surface area contributed by atoms with E-state index in [-0.39, 0.29) is 5.91 Å². The number of hydrogen-bond acceptors (Lipinski definition) is 5. The molecule has 1 amide bonds. The quantitative estimate of drug-likeness (QED) is 0.577. The smallest absolute Gasteiger partial charge is 0.270 e. The number of hydrogen-bond donors (Lipinski definition) is 1. The minimum atomic E-state index is -0.0997. The van der Waals surface area contributed by atoms with E-state index in [1.807, 2.05) is 60.0 Å². The summed E-state index contributed by atoms with van der Waals surface area (Å²) in [7, 11) is 0. The van der Waals surface area contributed by atoms with Gasteiger partial charge in [0, 0.05) is 24.0 Å². The molecule has 2 heterocycles. The molecular formula is C24H27N3O2S. The molecule has 2 aromatic carbocycles. The summed E-state index contributed by atoms with van der Waals surface area (Å²) >= 11 is 1.49. The first-order valence-corrected chi connectivity index (χ1v) is 11.4. The average molecular weight is 422 g/mol. The van der Waals surface area contributed by atoms with Crippen LogP contribution < -0.4 is 10.1 Å². The van der Waals surface area contributed by atoms with Gasteiger partial charge in [0.1, 0.15) is 23.1 Å². The van der Waals surface area contributed by atoms with Gasteiger partial charge >= 0.3 is 0 Å². The van der Waals surface area contributed by atoms with Gasteiger partial charge in [-0.15, -0.1) is 11.3 Å². The number of thiazole rings is 1. The van der Waals surface area contributed by atoms with E-state index in [1.165, 1.54) is 30.6 Å². The van der Waals surface area contributed by atoms with Crippen LogP contribution in [0.5, 0.6) is 5.75 Å². The van der Waals surface area contributed by atoms with E-state index in [9.17, 15) is 4.79 Å². The summed E-state index contributed by atoms with van der Waals surface area (Å²) < 4.78 is 5.84. The van der Waals surface area contributed by atoms with Gasteiger partial charge in [-0.05, 0) is 55.8 Å². The molecule has 0 saturated carbocycles. The topological polar surface area (TPSA) is 54.5 Å². The molecule has 4 rings (SSSR count). The van der Waals surface area contributed by atoms with E-state index in [0.717, 1.165) is 41.5 Å². The highest BCUT2D eigenvalue weighted by molar-refractivity contribution is 7.13. The third-order valence-electron chi connectivity index (χ3n) is 5.25. The molecule has 0 radical (unpaired) electrons. The Bertz CT molecular complexity index is 935. The standard InChI is InChI=1S/C24H27N3O2S/c28-23(25-13-16-27-14-5-2-6-15-27)22-18-30-24(26-22)20-9-11-21(12-10-20)29-17-19-7-3-1-4-8-19/h1,3-4,7-12,18H,2,5-6,13-17H2,(H,25,28). The van der Waals surface area contributed by atoms with Crippen molar-refractivity contribution < 1.29 is 9.53 Å². The molecule has 0 aliphatic carbocycles. The van der Waals surface area contributed by atoms with Crippen molar-refractivity contribution in [2.75, 3.05) is 26.2 Å². The SMILES string of the molecule is O=C(NCCN1CCCCC1)c1csc(-c2ccc(OCc3ccccc3)cc2)n1. The van der Waals surface area contributed by atoms with E-state index in [4.69, 9.17) is 4.74 Å². The molecule has 1 fully saturated rings. The highest BCUT2D eigenvalue weighted by atomic mass is 32.1. The van der Waals surface area contributed by atoms with E-state index in [1.54, 1.807) is 0 Å². The second-order valence-corrected chi connectivity index (χ2v) is 8.35. The number of ether oxygens (including phenoxy) is 1. The molecule has 0 atom stereocenters. The summed E-state index contributed by atoms with van der Waals surface area (Å²) in [6.07, 6.45) is 3.85. The van der Waals surface area contributed by atoms with Crippen LogP contribution in [0.3, 0.4) is 0 Å². The van der Waals surface area contributed by atoms with Crippen LogP contribution >= 0.6 is 11.3 Å². The monoisotopic (exact) mass is 421 g/mol. The molecule has 0 unspecified atom stereocenters. The molecule has 30 heavy (non-hydrogen) atoms. The van der Waals surface area contributed by atoms with Gasteiger partial charge in [0.25, 0.3) is 5.91 Å². The summed E-state index contributed by atoms with van der Waals surface area (Å²) in [4.78, 5) is 19.3. The number of nitrogens with zero attached hydrogens (tertiary/aromatic N) is 2. The van der Waals surface area contributed by atoms with Crippen molar-refractivity contribution in [3.63, 3.8) is 0 Å². The number of benzene rings is 2. The average Bonchev–Trinajstić information content (AvgIpc) is 3.30. The van der Waals surface area contributed by atoms with Gasteiger partial charge in [0.15, 0.2) is 0 Å². The van der Waals surface area contributed by atoms with Crippen molar-refractivity contribution in [2.45, 2.75) is 25.9 Å². The summed E-state index contributed by atoms with van der Waals surface area (Å²) in [6, 6.07) is 17.9. The summed E-state index contributed by atoms with van der Waals surface area (Å²) in [5.41, 5.74) is 2.61. The lowest BCUT2D eigenvalue weighted by Gasteiger charge is -2.26. The highest BCUT2D eigenvalue weighted by Crippen LogP contribution is 2.26. The van der Waals surface area contributed by atoms with Crippen molar-refractivity contribution in [2.24, 2.45) is 0 Å². The lowest BCUT2D eigenvalue weighted by atomic mass is 10.1. The van der Waals surface area contributed by atoms with Crippen LogP contribution in [0.1, 0.15) is 35.3 Å². The molecule has 0 bridgehead atoms. The lowest BCUT2D eigenvalue weighted by Crippen LogP contribution is -2.37. The molecule has 1 aliphatic rings. The van der Waals surface area contributed by atoms with Crippen molar-refractivity contribution in [1.82, 2.24) is 15.2 Å². The number of nitrogens with one attached hydrogen (secondary N) is 1. The molecule has 1 aromatic heterocycles. The number of amides is 1. The Balaban J connectivity index is 1.28. The van der Waals surface area contributed by atoms with Crippen molar-refractivity contribution in [3.8, 4) is 16.3 Å². The van der Waals surface area contributed by atoms with Crippen molar-refractivity contribution >= 4 is 17.2 Å². The van der Waals surface area contributed by atoms with Crippen LogP contribution in [0.25, 0.3) is 10.6 Å². The number of carbonyl (C=O) groups is 1. The van der Waals surface area contributed by atoms with E-state index < -0.39 is 0 Å². The third kappa shape index (κ3) is 5.68. The summed E-state index contributed by atoms with van der Waals surface area (Å²) in [5, 5.41) is 5.66. The molecule has 0 spiro atoms. The Kier molecular flexibility index (Phi) is 7.11. The first-order chi connectivity index (χ1) is 14.8. The predicted molar refractivity (Wildman–Crippen MR) is 121 cm³/mol. The zero-order chi connectivity index (χ0) is 20.6. The molecule has 6 heteroatoms. The fourth-order valence-electron chi connectivity index (χ4n) is 3.55. The van der Waals surface area contributed by atoms with Crippen molar-refractivity contribution in [3.05, 3.63) is 71.2 Å². The molecule has 5 nitrogen and oxygen atoms in total. The van der Waals surface area contributed by atoms with Gasteiger partial charge in [-0.3, -0.25) is 4.79 Å². The minimum Gasteiger partial charge on any atom is -0.489 e. The maximum atomic E-state index is 12.4. The van der Waals surface area contributed by atoms with Gasteiger partial charge in [0.05, 0.1) is 0 Å².